The summed E-state index contributed by atoms with van der Waals surface area (Å²) < 4.78 is 0. The molecule has 0 saturated carbocycles. The van der Waals surface area contributed by atoms with Gasteiger partial charge < -0.3 is 31.2 Å². The van der Waals surface area contributed by atoms with Crippen LogP contribution in [0, 0.1) is 12.3 Å². The van der Waals surface area contributed by atoms with Crippen molar-refractivity contribution in [3.63, 3.8) is 0 Å². The van der Waals surface area contributed by atoms with Crippen molar-refractivity contribution in [2.45, 2.75) is 73.9 Å². The van der Waals surface area contributed by atoms with Crippen molar-refractivity contribution >= 4 is 35.4 Å². The van der Waals surface area contributed by atoms with E-state index in [2.05, 4.69) is 56.3 Å². The zero-order chi connectivity index (χ0) is 33.2. The summed E-state index contributed by atoms with van der Waals surface area (Å²) in [6, 6.07) is 7.57. The van der Waals surface area contributed by atoms with Crippen LogP contribution in [0.15, 0.2) is 35.3 Å². The average molecular weight is 627 g/mol. The van der Waals surface area contributed by atoms with Crippen LogP contribution < -0.4 is 26.4 Å². The Kier molecular flexibility index (Phi) is 17.6. The molecule has 0 spiro atoms. The van der Waals surface area contributed by atoms with Crippen LogP contribution in [0.1, 0.15) is 80.7 Å². The van der Waals surface area contributed by atoms with E-state index in [1.54, 1.807) is 12.3 Å². The molecule has 3 heterocycles. The third-order valence-corrected chi connectivity index (χ3v) is 6.56. The standard InChI is InChI=1S/C30H42N8O2.C2H6.CH3Cl/c1-7-9-21-14-20(5)36-30(40)25(21)18-34-29(39)23-15-26(37-28(24(23)16-31)35-19(3)4)22-10-11-27(33-17-22)38(8-2)13-12-32-6;2*1-2/h10-11,14-17,19,31-32H,7-9,12-13,18H2,1-6H3,(H,34,39)(H,35,37)(H,36,40);1-2H3;1H3. The van der Waals surface area contributed by atoms with Gasteiger partial charge in [-0.2, -0.15) is 0 Å². The van der Waals surface area contributed by atoms with E-state index in [0.29, 0.717) is 28.2 Å². The number of halogens is 1. The molecule has 0 aliphatic carbocycles. The van der Waals surface area contributed by atoms with Crippen molar-refractivity contribution in [1.29, 1.82) is 5.41 Å². The zero-order valence-corrected chi connectivity index (χ0v) is 28.6. The number of amides is 1. The molecule has 0 aliphatic heterocycles. The van der Waals surface area contributed by atoms with Gasteiger partial charge >= 0.3 is 0 Å². The molecule has 0 unspecified atom stereocenters. The summed E-state index contributed by atoms with van der Waals surface area (Å²) in [5.41, 5.74) is 4.08. The molecule has 3 rings (SSSR count). The van der Waals surface area contributed by atoms with Crippen LogP contribution in [0.4, 0.5) is 11.6 Å². The summed E-state index contributed by atoms with van der Waals surface area (Å²) in [5, 5.41) is 17.4. The molecule has 0 aliphatic rings. The van der Waals surface area contributed by atoms with Crippen molar-refractivity contribution in [3.8, 4) is 11.3 Å². The van der Waals surface area contributed by atoms with Gasteiger partial charge in [-0.25, -0.2) is 9.97 Å². The lowest BCUT2D eigenvalue weighted by atomic mass is 10.0. The second-order valence-electron chi connectivity index (χ2n) is 10.1. The Morgan fingerprint density at radius 2 is 1.89 bits per heavy atom. The maximum Gasteiger partial charge on any atom is 0.253 e. The first-order chi connectivity index (χ1) is 21.2. The third kappa shape index (κ3) is 10.7. The Bertz CT molecular complexity index is 1370. The second kappa shape index (κ2) is 20.2. The number of hydrogen-bond acceptors (Lipinski definition) is 8. The highest BCUT2D eigenvalue weighted by Crippen LogP contribution is 2.26. The topological polar surface area (TPSA) is 139 Å². The van der Waals surface area contributed by atoms with E-state index in [1.807, 2.05) is 59.9 Å². The number of hydrogen-bond donors (Lipinski definition) is 5. The zero-order valence-electron chi connectivity index (χ0n) is 27.8. The Hall–Kier alpha value is -3.76. The summed E-state index contributed by atoms with van der Waals surface area (Å²) in [7, 11) is 1.92. The van der Waals surface area contributed by atoms with Gasteiger partial charge in [-0.3, -0.25) is 9.59 Å². The molecule has 10 nitrogen and oxygen atoms in total. The monoisotopic (exact) mass is 626 g/mol. The van der Waals surface area contributed by atoms with Gasteiger partial charge in [0.2, 0.25) is 0 Å². The van der Waals surface area contributed by atoms with Gasteiger partial charge in [0.25, 0.3) is 11.5 Å². The van der Waals surface area contributed by atoms with Gasteiger partial charge in [-0.05, 0) is 71.0 Å². The van der Waals surface area contributed by atoms with Gasteiger partial charge in [0.15, 0.2) is 0 Å². The van der Waals surface area contributed by atoms with Crippen LogP contribution in [0.3, 0.4) is 0 Å². The quantitative estimate of drug-likeness (QED) is 0.113. The van der Waals surface area contributed by atoms with Crippen molar-refractivity contribution in [1.82, 2.24) is 25.6 Å². The number of rotatable bonds is 14. The lowest BCUT2D eigenvalue weighted by Crippen LogP contribution is -2.31. The second-order valence-corrected chi connectivity index (χ2v) is 10.1. The van der Waals surface area contributed by atoms with E-state index in [9.17, 15) is 9.59 Å². The molecule has 44 heavy (non-hydrogen) atoms. The van der Waals surface area contributed by atoms with E-state index < -0.39 is 0 Å². The normalized spacial score (nSPS) is 10.2. The maximum absolute atomic E-state index is 13.5. The largest absolute Gasteiger partial charge is 0.367 e. The van der Waals surface area contributed by atoms with Gasteiger partial charge in [0, 0.05) is 73.4 Å². The van der Waals surface area contributed by atoms with Gasteiger partial charge in [0.1, 0.15) is 11.6 Å². The number of carbonyl (C=O) groups excluding carboxylic acids is 1. The number of aryl methyl sites for hydroxylation is 2. The average Bonchev–Trinajstić information content (AvgIpc) is 3.02. The molecular weight excluding hydrogens is 576 g/mol. The number of carbonyl (C=O) groups is 1. The molecule has 0 atom stereocenters. The highest BCUT2D eigenvalue weighted by atomic mass is 35.5. The minimum Gasteiger partial charge on any atom is -0.367 e. The van der Waals surface area contributed by atoms with E-state index in [0.717, 1.165) is 61.3 Å². The van der Waals surface area contributed by atoms with E-state index >= 15 is 0 Å². The smallest absolute Gasteiger partial charge is 0.253 e. The van der Waals surface area contributed by atoms with Crippen LogP contribution >= 0.6 is 11.6 Å². The molecule has 0 saturated heterocycles. The first-order valence-electron chi connectivity index (χ1n) is 15.3. The molecule has 0 bridgehead atoms. The Morgan fingerprint density at radius 3 is 2.43 bits per heavy atom. The molecule has 5 N–H and O–H groups in total. The summed E-state index contributed by atoms with van der Waals surface area (Å²) in [4.78, 5) is 40.7. The molecule has 11 heteroatoms. The molecule has 0 fully saturated rings. The molecule has 3 aromatic heterocycles. The number of aromatic nitrogens is 3. The number of nitrogens with one attached hydrogen (secondary N) is 5. The van der Waals surface area contributed by atoms with Crippen molar-refractivity contribution in [2.24, 2.45) is 0 Å². The predicted molar refractivity (Wildman–Crippen MR) is 186 cm³/mol. The Labute approximate surface area is 268 Å². The number of nitrogens with zero attached hydrogens (tertiary/aromatic N) is 3. The first-order valence-corrected chi connectivity index (χ1v) is 16.0. The SMILES string of the molecule is CC.CCCc1cc(C)[nH]c(=O)c1CNC(=O)c1cc(-c2ccc(N(CC)CCNC)nc2)nc(NC(C)C)c1C=N.CCl. The minimum atomic E-state index is -0.384. The highest BCUT2D eigenvalue weighted by Gasteiger charge is 2.20. The van der Waals surface area contributed by atoms with E-state index in [1.165, 1.54) is 6.38 Å². The molecular formula is C33H51ClN8O2. The van der Waals surface area contributed by atoms with Crippen molar-refractivity contribution in [3.05, 3.63) is 68.8 Å². The fourth-order valence-electron chi connectivity index (χ4n) is 4.56. The van der Waals surface area contributed by atoms with Gasteiger partial charge in [-0.15, -0.1) is 11.6 Å². The van der Waals surface area contributed by atoms with Crippen LogP contribution in [-0.4, -0.2) is 66.2 Å². The number of aromatic amines is 1. The molecule has 3 aromatic rings. The summed E-state index contributed by atoms with van der Waals surface area (Å²) >= 11 is 4.64. The fourth-order valence-corrected chi connectivity index (χ4v) is 4.56. The molecule has 0 radical (unpaired) electrons. The first kappa shape index (κ1) is 38.3. The number of pyridine rings is 3. The lowest BCUT2D eigenvalue weighted by molar-refractivity contribution is 0.0950. The molecule has 1 amide bonds. The summed E-state index contributed by atoms with van der Waals surface area (Å²) in [6.45, 7) is 16.5. The number of likely N-dealkylation sites (N-methyl/N-ethyl adjacent to an activating group) is 2. The predicted octanol–water partition coefficient (Wildman–Crippen LogP) is 5.77. The van der Waals surface area contributed by atoms with Crippen LogP contribution in [0.2, 0.25) is 0 Å². The van der Waals surface area contributed by atoms with Crippen molar-refractivity contribution in [2.75, 3.05) is 43.3 Å². The van der Waals surface area contributed by atoms with Crippen LogP contribution in [-0.2, 0) is 13.0 Å². The Balaban J connectivity index is 0.00000232. The van der Waals surface area contributed by atoms with Crippen LogP contribution in [0.25, 0.3) is 11.3 Å². The number of anilines is 2. The van der Waals surface area contributed by atoms with E-state index in [-0.39, 0.29) is 24.1 Å². The Morgan fingerprint density at radius 1 is 1.18 bits per heavy atom. The molecule has 242 valence electrons. The summed E-state index contributed by atoms with van der Waals surface area (Å²) in [6.07, 6.45) is 6.00. The minimum absolute atomic E-state index is 0.0332. The summed E-state index contributed by atoms with van der Waals surface area (Å²) in [5.74, 6) is 0.924. The maximum atomic E-state index is 13.5. The lowest BCUT2D eigenvalue weighted by Gasteiger charge is -2.22. The third-order valence-electron chi connectivity index (χ3n) is 6.56. The van der Waals surface area contributed by atoms with E-state index in [4.69, 9.17) is 10.4 Å². The molecule has 0 aromatic carbocycles. The number of alkyl halides is 1. The van der Waals surface area contributed by atoms with Gasteiger partial charge in [-0.1, -0.05) is 27.2 Å². The number of H-pyrrole nitrogens is 1. The fraction of sp³-hybridized carbons (Fsp3) is 0.485. The van der Waals surface area contributed by atoms with Crippen LogP contribution in [0.5, 0.6) is 0 Å². The van der Waals surface area contributed by atoms with Gasteiger partial charge in [0.05, 0.1) is 11.3 Å². The van der Waals surface area contributed by atoms with Crippen molar-refractivity contribution < 1.29 is 4.79 Å². The highest BCUT2D eigenvalue weighted by molar-refractivity contribution is 6.15.